The fourth-order valence-electron chi connectivity index (χ4n) is 1.84. The Labute approximate surface area is 92.3 Å². The zero-order chi connectivity index (χ0) is 11.6. The quantitative estimate of drug-likeness (QED) is 0.716. The summed E-state index contributed by atoms with van der Waals surface area (Å²) >= 11 is 0. The van der Waals surface area contributed by atoms with Crippen LogP contribution in [-0.4, -0.2) is 30.4 Å². The maximum absolute atomic E-state index is 11.7. The van der Waals surface area contributed by atoms with Crippen molar-refractivity contribution in [1.82, 2.24) is 4.90 Å². The van der Waals surface area contributed by atoms with E-state index in [0.717, 1.165) is 12.1 Å². The lowest BCUT2D eigenvalue weighted by molar-refractivity contribution is -0.127. The minimum Gasteiger partial charge on any atom is -0.338 e. The average Bonchev–Trinajstić information content (AvgIpc) is 2.47. The molecule has 0 saturated carbocycles. The number of hydrogen-bond acceptors (Lipinski definition) is 2. The monoisotopic (exact) mass is 210 g/mol. The fraction of sp³-hybridized carbons (Fsp3) is 0.750. The summed E-state index contributed by atoms with van der Waals surface area (Å²) in [5.74, 6) is 0.695. The minimum atomic E-state index is 0.203. The van der Waals surface area contributed by atoms with Gasteiger partial charge in [-0.05, 0) is 16.9 Å². The molecule has 1 heterocycles. The number of carbonyl (C=O) groups is 1. The molecule has 1 amide bonds. The molecule has 1 fully saturated rings. The third-order valence-corrected chi connectivity index (χ3v) is 3.14. The van der Waals surface area contributed by atoms with Crippen molar-refractivity contribution in [3.05, 3.63) is 12.2 Å². The van der Waals surface area contributed by atoms with Crippen LogP contribution in [0.3, 0.4) is 0 Å². The highest BCUT2D eigenvalue weighted by Gasteiger charge is 2.36. The van der Waals surface area contributed by atoms with Crippen molar-refractivity contribution >= 4 is 5.91 Å². The van der Waals surface area contributed by atoms with Gasteiger partial charge < -0.3 is 10.6 Å². The molecule has 0 aromatic carbocycles. The van der Waals surface area contributed by atoms with Gasteiger partial charge in [-0.2, -0.15) is 0 Å². The third-order valence-electron chi connectivity index (χ3n) is 3.14. The summed E-state index contributed by atoms with van der Waals surface area (Å²) in [5.41, 5.74) is 6.61. The molecule has 15 heavy (non-hydrogen) atoms. The first-order chi connectivity index (χ1) is 6.84. The number of rotatable bonds is 3. The molecule has 3 nitrogen and oxygen atoms in total. The number of likely N-dealkylation sites (tertiary alicyclic amines) is 1. The standard InChI is InChI=1S/C12H22N2O/c1-9(6-13)7-14-8-10(5-11(14)15)12(2,3)4/h10H,1,5-8,13H2,2-4H3. The Hall–Kier alpha value is -0.830. The summed E-state index contributed by atoms with van der Waals surface area (Å²) in [4.78, 5) is 13.6. The van der Waals surface area contributed by atoms with Crippen molar-refractivity contribution in [2.45, 2.75) is 27.2 Å². The molecule has 2 N–H and O–H groups in total. The van der Waals surface area contributed by atoms with E-state index < -0.39 is 0 Å². The molecule has 1 unspecified atom stereocenters. The van der Waals surface area contributed by atoms with Gasteiger partial charge in [0.15, 0.2) is 0 Å². The second kappa shape index (κ2) is 4.35. The van der Waals surface area contributed by atoms with Crippen molar-refractivity contribution in [3.63, 3.8) is 0 Å². The molecule has 0 aromatic rings. The molecule has 0 aromatic heterocycles. The van der Waals surface area contributed by atoms with E-state index in [-0.39, 0.29) is 11.3 Å². The van der Waals surface area contributed by atoms with Crippen molar-refractivity contribution in [3.8, 4) is 0 Å². The fourth-order valence-corrected chi connectivity index (χ4v) is 1.84. The predicted octanol–water partition coefficient (Wildman–Crippen LogP) is 1.40. The van der Waals surface area contributed by atoms with Crippen LogP contribution in [0.2, 0.25) is 0 Å². The molecule has 0 spiro atoms. The molecule has 1 rings (SSSR count). The van der Waals surface area contributed by atoms with Gasteiger partial charge in [0.25, 0.3) is 0 Å². The largest absolute Gasteiger partial charge is 0.338 e. The van der Waals surface area contributed by atoms with E-state index in [9.17, 15) is 4.79 Å². The number of amides is 1. The Kier molecular flexibility index (Phi) is 3.55. The lowest BCUT2D eigenvalue weighted by atomic mass is 9.80. The first-order valence-electron chi connectivity index (χ1n) is 5.49. The highest BCUT2D eigenvalue weighted by atomic mass is 16.2. The van der Waals surface area contributed by atoms with E-state index >= 15 is 0 Å². The topological polar surface area (TPSA) is 46.3 Å². The first-order valence-corrected chi connectivity index (χ1v) is 5.49. The van der Waals surface area contributed by atoms with Gasteiger partial charge in [-0.25, -0.2) is 0 Å². The van der Waals surface area contributed by atoms with Crippen LogP contribution in [0.5, 0.6) is 0 Å². The molecule has 1 aliphatic rings. The van der Waals surface area contributed by atoms with Gasteiger partial charge in [0, 0.05) is 26.1 Å². The zero-order valence-corrected chi connectivity index (χ0v) is 10.0. The molecular weight excluding hydrogens is 188 g/mol. The summed E-state index contributed by atoms with van der Waals surface area (Å²) in [7, 11) is 0. The molecule has 0 bridgehead atoms. The van der Waals surface area contributed by atoms with Gasteiger partial charge in [0.1, 0.15) is 0 Å². The van der Waals surface area contributed by atoms with Crippen LogP contribution in [0.15, 0.2) is 12.2 Å². The summed E-state index contributed by atoms with van der Waals surface area (Å²) in [6.07, 6.45) is 0.668. The lowest BCUT2D eigenvalue weighted by Gasteiger charge is -2.26. The summed E-state index contributed by atoms with van der Waals surface area (Å²) < 4.78 is 0. The first kappa shape index (κ1) is 12.2. The normalized spacial score (nSPS) is 22.3. The van der Waals surface area contributed by atoms with E-state index in [1.807, 2.05) is 4.90 Å². The average molecular weight is 210 g/mol. The van der Waals surface area contributed by atoms with Crippen LogP contribution in [0.1, 0.15) is 27.2 Å². The molecule has 3 heteroatoms. The summed E-state index contributed by atoms with van der Waals surface area (Å²) in [5, 5.41) is 0. The lowest BCUT2D eigenvalue weighted by Crippen LogP contribution is -2.30. The second-order valence-electron chi connectivity index (χ2n) is 5.50. The predicted molar refractivity (Wildman–Crippen MR) is 62.3 cm³/mol. The van der Waals surface area contributed by atoms with Crippen molar-refractivity contribution in [1.29, 1.82) is 0 Å². The number of nitrogens with zero attached hydrogens (tertiary/aromatic N) is 1. The van der Waals surface area contributed by atoms with E-state index in [2.05, 4.69) is 27.4 Å². The molecular formula is C12H22N2O. The smallest absolute Gasteiger partial charge is 0.223 e. The van der Waals surface area contributed by atoms with Gasteiger partial charge >= 0.3 is 0 Å². The van der Waals surface area contributed by atoms with Gasteiger partial charge in [-0.1, -0.05) is 27.4 Å². The van der Waals surface area contributed by atoms with Crippen LogP contribution in [-0.2, 0) is 4.79 Å². The Morgan fingerprint density at radius 2 is 2.20 bits per heavy atom. The van der Waals surface area contributed by atoms with Crippen LogP contribution < -0.4 is 5.73 Å². The molecule has 0 aliphatic carbocycles. The number of nitrogens with two attached hydrogens (primary N) is 1. The van der Waals surface area contributed by atoms with Crippen LogP contribution in [0.25, 0.3) is 0 Å². The Morgan fingerprint density at radius 1 is 1.60 bits per heavy atom. The Morgan fingerprint density at radius 3 is 2.60 bits per heavy atom. The summed E-state index contributed by atoms with van der Waals surface area (Å²) in [6.45, 7) is 12.3. The van der Waals surface area contributed by atoms with E-state index in [1.165, 1.54) is 0 Å². The van der Waals surface area contributed by atoms with Gasteiger partial charge in [0.2, 0.25) is 5.91 Å². The van der Waals surface area contributed by atoms with Crippen LogP contribution >= 0.6 is 0 Å². The van der Waals surface area contributed by atoms with E-state index in [4.69, 9.17) is 5.73 Å². The molecule has 1 atom stereocenters. The summed E-state index contributed by atoms with van der Waals surface area (Å²) in [6, 6.07) is 0. The molecule has 1 saturated heterocycles. The Bertz CT molecular complexity index is 265. The van der Waals surface area contributed by atoms with Crippen molar-refractivity contribution in [2.24, 2.45) is 17.1 Å². The van der Waals surface area contributed by atoms with E-state index in [0.29, 0.717) is 25.4 Å². The van der Waals surface area contributed by atoms with Crippen LogP contribution in [0, 0.1) is 11.3 Å². The van der Waals surface area contributed by atoms with Gasteiger partial charge in [-0.3, -0.25) is 4.79 Å². The van der Waals surface area contributed by atoms with Crippen molar-refractivity contribution < 1.29 is 4.79 Å². The molecule has 0 radical (unpaired) electrons. The third kappa shape index (κ3) is 3.06. The van der Waals surface area contributed by atoms with Gasteiger partial charge in [0.05, 0.1) is 0 Å². The second-order valence-corrected chi connectivity index (χ2v) is 5.50. The highest BCUT2D eigenvalue weighted by Crippen LogP contribution is 2.34. The SMILES string of the molecule is C=C(CN)CN1CC(C(C)(C)C)CC1=O. The molecule has 86 valence electrons. The number of carbonyl (C=O) groups excluding carboxylic acids is 1. The van der Waals surface area contributed by atoms with Crippen LogP contribution in [0.4, 0.5) is 0 Å². The maximum atomic E-state index is 11.7. The zero-order valence-electron chi connectivity index (χ0n) is 10.0. The Balaban J connectivity index is 2.57. The minimum absolute atomic E-state index is 0.203. The van der Waals surface area contributed by atoms with E-state index in [1.54, 1.807) is 0 Å². The number of hydrogen-bond donors (Lipinski definition) is 1. The highest BCUT2D eigenvalue weighted by molar-refractivity contribution is 5.79. The maximum Gasteiger partial charge on any atom is 0.223 e. The van der Waals surface area contributed by atoms with Crippen molar-refractivity contribution in [2.75, 3.05) is 19.6 Å². The van der Waals surface area contributed by atoms with Gasteiger partial charge in [-0.15, -0.1) is 0 Å². The molecule has 1 aliphatic heterocycles.